The molecule has 0 rings (SSSR count). The average molecular weight is 146 g/mol. The molecule has 0 saturated heterocycles. The first-order chi connectivity index (χ1) is 4.63. The number of nitrogens with two attached hydrogens (primary N) is 2. The van der Waals surface area contributed by atoms with Gasteiger partial charge in [-0.05, 0) is 27.7 Å². The molecule has 2 nitrogen and oxygen atoms in total. The van der Waals surface area contributed by atoms with Gasteiger partial charge in [-0.25, -0.2) is 0 Å². The van der Waals surface area contributed by atoms with Crippen LogP contribution in [0.5, 0.6) is 0 Å². The maximum Gasteiger partial charge on any atom is 0.125 e. The summed E-state index contributed by atoms with van der Waals surface area (Å²) >= 11 is 0. The van der Waals surface area contributed by atoms with Crippen molar-refractivity contribution in [2.24, 2.45) is 0 Å². The van der Waals surface area contributed by atoms with Crippen molar-refractivity contribution in [2.45, 2.75) is 39.8 Å². The van der Waals surface area contributed by atoms with Crippen LogP contribution in [-0.4, -0.2) is 25.2 Å². The van der Waals surface area contributed by atoms with E-state index in [0.29, 0.717) is 0 Å². The summed E-state index contributed by atoms with van der Waals surface area (Å²) in [5.41, 5.74) is 0. The monoisotopic (exact) mass is 146 g/mol. The van der Waals surface area contributed by atoms with Crippen molar-refractivity contribution < 1.29 is 10.6 Å². The van der Waals surface area contributed by atoms with Gasteiger partial charge in [-0.15, -0.1) is 0 Å². The molecule has 0 fully saturated rings. The van der Waals surface area contributed by atoms with Gasteiger partial charge in [-0.1, -0.05) is 0 Å². The Morgan fingerprint density at radius 1 is 0.800 bits per heavy atom. The molecule has 0 amide bonds. The summed E-state index contributed by atoms with van der Waals surface area (Å²) in [5, 5.41) is 4.75. The van der Waals surface area contributed by atoms with Crippen LogP contribution < -0.4 is 10.6 Å². The van der Waals surface area contributed by atoms with Crippen LogP contribution in [0.25, 0.3) is 0 Å². The Morgan fingerprint density at radius 3 is 1.30 bits per heavy atom. The lowest BCUT2D eigenvalue weighted by Crippen LogP contribution is -2.98. The maximum atomic E-state index is 2.37. The molecule has 2 heteroatoms. The van der Waals surface area contributed by atoms with Crippen LogP contribution in [0.1, 0.15) is 27.7 Å². The van der Waals surface area contributed by atoms with Crippen molar-refractivity contribution >= 4 is 0 Å². The fraction of sp³-hybridized carbons (Fsp3) is 1.00. The van der Waals surface area contributed by atoms with Crippen LogP contribution in [0.2, 0.25) is 0 Å². The van der Waals surface area contributed by atoms with Crippen molar-refractivity contribution in [2.75, 3.05) is 13.1 Å². The Balaban J connectivity index is 2.91. The van der Waals surface area contributed by atoms with Gasteiger partial charge in [0.25, 0.3) is 0 Å². The van der Waals surface area contributed by atoms with Crippen molar-refractivity contribution in [1.82, 2.24) is 0 Å². The quantitative estimate of drug-likeness (QED) is 0.463. The molecule has 0 aliphatic heterocycles. The fourth-order valence-electron chi connectivity index (χ4n) is 0.859. The third-order valence-corrected chi connectivity index (χ3v) is 1.44. The van der Waals surface area contributed by atoms with Crippen molar-refractivity contribution in [3.8, 4) is 0 Å². The van der Waals surface area contributed by atoms with Gasteiger partial charge in [0.05, 0.1) is 12.1 Å². The average Bonchev–Trinajstić information content (AvgIpc) is 1.79. The van der Waals surface area contributed by atoms with Gasteiger partial charge in [0.15, 0.2) is 0 Å². The first-order valence-corrected chi connectivity index (χ1v) is 4.29. The van der Waals surface area contributed by atoms with Crippen molar-refractivity contribution in [1.29, 1.82) is 0 Å². The minimum Gasteiger partial charge on any atom is -0.340 e. The van der Waals surface area contributed by atoms with Crippen LogP contribution in [0.15, 0.2) is 0 Å². The third kappa shape index (κ3) is 7.92. The predicted octanol–water partition coefficient (Wildman–Crippen LogP) is -1.07. The van der Waals surface area contributed by atoms with Crippen LogP contribution in [-0.2, 0) is 0 Å². The molecule has 4 N–H and O–H groups in total. The zero-order valence-electron chi connectivity index (χ0n) is 7.72. The van der Waals surface area contributed by atoms with Gasteiger partial charge < -0.3 is 10.6 Å². The highest BCUT2D eigenvalue weighted by Gasteiger charge is 1.98. The van der Waals surface area contributed by atoms with Crippen LogP contribution >= 0.6 is 0 Å². The highest BCUT2D eigenvalue weighted by molar-refractivity contribution is 4.28. The maximum absolute atomic E-state index is 2.37. The molecular weight excluding hydrogens is 124 g/mol. The van der Waals surface area contributed by atoms with Gasteiger partial charge in [0, 0.05) is 0 Å². The Labute approximate surface area is 64.4 Å². The number of rotatable bonds is 5. The Bertz CT molecular complexity index is 59.7. The molecule has 62 valence electrons. The predicted molar refractivity (Wildman–Crippen MR) is 43.9 cm³/mol. The highest BCUT2D eigenvalue weighted by Crippen LogP contribution is 1.61. The van der Waals surface area contributed by atoms with Crippen molar-refractivity contribution in [3.63, 3.8) is 0 Å². The zero-order valence-corrected chi connectivity index (χ0v) is 7.72. The van der Waals surface area contributed by atoms with Gasteiger partial charge in [0.1, 0.15) is 13.1 Å². The first kappa shape index (κ1) is 9.92. The molecule has 0 bridgehead atoms. The van der Waals surface area contributed by atoms with E-state index >= 15 is 0 Å². The number of quaternary nitrogens is 2. The van der Waals surface area contributed by atoms with Gasteiger partial charge >= 0.3 is 0 Å². The van der Waals surface area contributed by atoms with E-state index in [0.717, 1.165) is 12.1 Å². The van der Waals surface area contributed by atoms with Crippen LogP contribution in [0.3, 0.4) is 0 Å². The molecular formula is C8H22N2+2. The standard InChI is InChI=1S/C8H20N2/c1-7(2)9-5-6-10-8(3)4/h7-10H,5-6H2,1-4H3/p+2. The molecule has 0 radical (unpaired) electrons. The molecule has 0 spiro atoms. The lowest BCUT2D eigenvalue weighted by molar-refractivity contribution is -0.748. The Hall–Kier alpha value is -0.0800. The highest BCUT2D eigenvalue weighted by atomic mass is 15.0. The van der Waals surface area contributed by atoms with E-state index in [9.17, 15) is 0 Å². The van der Waals surface area contributed by atoms with Crippen LogP contribution in [0.4, 0.5) is 0 Å². The number of hydrogen-bond acceptors (Lipinski definition) is 0. The van der Waals surface area contributed by atoms with Crippen molar-refractivity contribution in [3.05, 3.63) is 0 Å². The molecule has 0 aromatic carbocycles. The van der Waals surface area contributed by atoms with E-state index in [1.165, 1.54) is 13.1 Å². The number of hydrogen-bond donors (Lipinski definition) is 2. The molecule has 10 heavy (non-hydrogen) atoms. The van der Waals surface area contributed by atoms with E-state index in [1.54, 1.807) is 0 Å². The van der Waals surface area contributed by atoms with Crippen LogP contribution in [0, 0.1) is 0 Å². The molecule has 0 heterocycles. The molecule has 0 saturated carbocycles. The topological polar surface area (TPSA) is 33.2 Å². The Kier molecular flexibility index (Phi) is 5.64. The summed E-state index contributed by atoms with van der Waals surface area (Å²) in [4.78, 5) is 0. The fourth-order valence-corrected chi connectivity index (χ4v) is 0.859. The lowest BCUT2D eigenvalue weighted by atomic mass is 10.3. The summed E-state index contributed by atoms with van der Waals surface area (Å²) in [6, 6.07) is 1.50. The van der Waals surface area contributed by atoms with E-state index in [4.69, 9.17) is 0 Å². The largest absolute Gasteiger partial charge is 0.340 e. The van der Waals surface area contributed by atoms with E-state index in [1.807, 2.05) is 0 Å². The lowest BCUT2D eigenvalue weighted by Gasteiger charge is -2.05. The van der Waals surface area contributed by atoms with Gasteiger partial charge in [0.2, 0.25) is 0 Å². The molecule has 0 aromatic heterocycles. The smallest absolute Gasteiger partial charge is 0.125 e. The SMILES string of the molecule is CC(C)[NH2+]CC[NH2+]C(C)C. The summed E-state index contributed by atoms with van der Waals surface area (Å²) in [7, 11) is 0. The normalized spacial score (nSPS) is 11.4. The summed E-state index contributed by atoms with van der Waals surface area (Å²) in [6.45, 7) is 11.4. The molecule has 0 atom stereocenters. The van der Waals surface area contributed by atoms with E-state index in [-0.39, 0.29) is 0 Å². The minimum atomic E-state index is 0.751. The van der Waals surface area contributed by atoms with Gasteiger partial charge in [-0.2, -0.15) is 0 Å². The first-order valence-electron chi connectivity index (χ1n) is 4.29. The molecule has 0 aliphatic rings. The molecule has 0 aliphatic carbocycles. The zero-order chi connectivity index (χ0) is 7.98. The second-order valence-corrected chi connectivity index (χ2v) is 3.54. The van der Waals surface area contributed by atoms with Gasteiger partial charge in [-0.3, -0.25) is 0 Å². The summed E-state index contributed by atoms with van der Waals surface area (Å²) < 4.78 is 0. The summed E-state index contributed by atoms with van der Waals surface area (Å²) in [6.07, 6.45) is 0. The summed E-state index contributed by atoms with van der Waals surface area (Å²) in [5.74, 6) is 0. The second-order valence-electron chi connectivity index (χ2n) is 3.54. The molecule has 0 aromatic rings. The minimum absolute atomic E-state index is 0.751. The molecule has 0 unspecified atom stereocenters. The van der Waals surface area contributed by atoms with E-state index in [2.05, 4.69) is 38.3 Å². The Morgan fingerprint density at radius 2 is 1.10 bits per heavy atom. The second kappa shape index (κ2) is 5.69. The van der Waals surface area contributed by atoms with E-state index < -0.39 is 0 Å². The third-order valence-electron chi connectivity index (χ3n) is 1.44.